The van der Waals surface area contributed by atoms with Crippen LogP contribution in [0.5, 0.6) is 0 Å². The molecule has 0 aliphatic carbocycles. The lowest BCUT2D eigenvalue weighted by atomic mass is 9.94. The van der Waals surface area contributed by atoms with Gasteiger partial charge in [-0.25, -0.2) is 4.99 Å². The van der Waals surface area contributed by atoms with E-state index in [-0.39, 0.29) is 27.6 Å². The van der Waals surface area contributed by atoms with E-state index in [9.17, 15) is 13.2 Å². The lowest BCUT2D eigenvalue weighted by Gasteiger charge is -2.24. The van der Waals surface area contributed by atoms with Crippen molar-refractivity contribution in [3.05, 3.63) is 58.1 Å². The number of nitrogens with one attached hydrogen (secondary N) is 3. The zero-order valence-corrected chi connectivity index (χ0v) is 17.5. The number of hydrogen-bond acceptors (Lipinski definition) is 6. The first kappa shape index (κ1) is 22.4. The summed E-state index contributed by atoms with van der Waals surface area (Å²) < 4.78 is 41.7. The van der Waals surface area contributed by atoms with Crippen LogP contribution in [0.25, 0.3) is 11.1 Å². The van der Waals surface area contributed by atoms with Gasteiger partial charge < -0.3 is 11.1 Å². The zero-order valence-electron chi connectivity index (χ0n) is 16.8. The van der Waals surface area contributed by atoms with Gasteiger partial charge in [0.2, 0.25) is 11.7 Å². The first-order chi connectivity index (χ1) is 13.8. The molecule has 10 heteroatoms. The Balaban J connectivity index is 2.03. The largest absolute Gasteiger partial charge is 0.417 e. The number of nitrogens with zero attached hydrogens (tertiary/aromatic N) is 1. The number of halogens is 4. The van der Waals surface area contributed by atoms with Crippen LogP contribution in [0.2, 0.25) is 5.02 Å². The van der Waals surface area contributed by atoms with Gasteiger partial charge in [0, 0.05) is 28.2 Å². The molecule has 1 unspecified atom stereocenters. The van der Waals surface area contributed by atoms with Crippen LogP contribution in [0.15, 0.2) is 41.4 Å². The fourth-order valence-corrected chi connectivity index (χ4v) is 3.37. The van der Waals surface area contributed by atoms with Crippen molar-refractivity contribution in [1.82, 2.24) is 16.2 Å². The minimum Gasteiger partial charge on any atom is -0.369 e. The summed E-state index contributed by atoms with van der Waals surface area (Å²) in [6.45, 7) is 6.70. The number of alkyl halides is 3. The van der Waals surface area contributed by atoms with Crippen molar-refractivity contribution < 1.29 is 13.2 Å². The van der Waals surface area contributed by atoms with Crippen LogP contribution >= 0.6 is 11.6 Å². The molecule has 2 aromatic rings. The summed E-state index contributed by atoms with van der Waals surface area (Å²) in [5.41, 5.74) is 16.9. The molecule has 0 fully saturated rings. The van der Waals surface area contributed by atoms with Gasteiger partial charge in [-0.3, -0.25) is 11.2 Å². The van der Waals surface area contributed by atoms with Gasteiger partial charge in [0.25, 0.3) is 0 Å². The second-order valence-corrected chi connectivity index (χ2v) is 8.60. The molecular formula is C20H24ClF3N6. The summed E-state index contributed by atoms with van der Waals surface area (Å²) in [6, 6.07) is 9.09. The Labute approximate surface area is 177 Å². The molecule has 1 heterocycles. The summed E-state index contributed by atoms with van der Waals surface area (Å²) in [5.74, 6) is -1.69. The highest BCUT2D eigenvalue weighted by atomic mass is 35.5. The van der Waals surface area contributed by atoms with Crippen LogP contribution in [-0.4, -0.2) is 11.5 Å². The van der Waals surface area contributed by atoms with Crippen LogP contribution in [-0.2, 0) is 18.5 Å². The Bertz CT molecular complexity index is 966. The Morgan fingerprint density at radius 2 is 1.77 bits per heavy atom. The van der Waals surface area contributed by atoms with E-state index in [0.717, 1.165) is 11.6 Å². The summed E-state index contributed by atoms with van der Waals surface area (Å²) in [7, 11) is 0. The molecule has 0 spiro atoms. The van der Waals surface area contributed by atoms with E-state index in [1.807, 2.05) is 20.8 Å². The molecule has 0 saturated carbocycles. The Hall–Kier alpha value is -2.33. The highest BCUT2D eigenvalue weighted by Gasteiger charge is 2.39. The average molecular weight is 441 g/mol. The van der Waals surface area contributed by atoms with Crippen molar-refractivity contribution in [2.75, 3.05) is 0 Å². The van der Waals surface area contributed by atoms with E-state index in [0.29, 0.717) is 12.1 Å². The van der Waals surface area contributed by atoms with E-state index in [4.69, 9.17) is 23.1 Å². The van der Waals surface area contributed by atoms with Gasteiger partial charge in [-0.05, 0) is 44.0 Å². The lowest BCUT2D eigenvalue weighted by Crippen LogP contribution is -2.50. The molecular weight excluding hydrogens is 417 g/mol. The van der Waals surface area contributed by atoms with Crippen LogP contribution in [0.1, 0.15) is 37.5 Å². The van der Waals surface area contributed by atoms with Crippen molar-refractivity contribution in [2.45, 2.75) is 44.8 Å². The second kappa shape index (κ2) is 7.73. The third-order valence-electron chi connectivity index (χ3n) is 4.58. The molecule has 162 valence electrons. The highest BCUT2D eigenvalue weighted by molar-refractivity contribution is 6.33. The Kier molecular flexibility index (Phi) is 5.76. The van der Waals surface area contributed by atoms with E-state index in [2.05, 4.69) is 21.2 Å². The fourth-order valence-electron chi connectivity index (χ4n) is 3.04. The third-order valence-corrected chi connectivity index (χ3v) is 4.88. The van der Waals surface area contributed by atoms with Crippen molar-refractivity contribution in [3.8, 4) is 11.1 Å². The zero-order chi connectivity index (χ0) is 22.3. The maximum Gasteiger partial charge on any atom is 0.417 e. The van der Waals surface area contributed by atoms with E-state index < -0.39 is 17.5 Å². The minimum atomic E-state index is -4.65. The van der Waals surface area contributed by atoms with Gasteiger partial charge in [0.1, 0.15) is 0 Å². The van der Waals surface area contributed by atoms with Gasteiger partial charge in [0.05, 0.1) is 5.56 Å². The predicted octanol–water partition coefficient (Wildman–Crippen LogP) is 3.41. The predicted molar refractivity (Wildman–Crippen MR) is 112 cm³/mol. The molecule has 0 amide bonds. The molecule has 30 heavy (non-hydrogen) atoms. The van der Waals surface area contributed by atoms with Gasteiger partial charge in [-0.1, -0.05) is 35.9 Å². The molecule has 0 aromatic heterocycles. The molecule has 1 aliphatic heterocycles. The van der Waals surface area contributed by atoms with Crippen LogP contribution in [0, 0.1) is 0 Å². The van der Waals surface area contributed by atoms with Crippen molar-refractivity contribution >= 4 is 17.6 Å². The molecule has 0 radical (unpaired) electrons. The van der Waals surface area contributed by atoms with Crippen LogP contribution < -0.4 is 27.6 Å². The number of nitrogens with two attached hydrogens (primary N) is 2. The molecule has 6 nitrogen and oxygen atoms in total. The molecule has 7 N–H and O–H groups in total. The van der Waals surface area contributed by atoms with Crippen molar-refractivity contribution in [3.63, 3.8) is 0 Å². The SMILES string of the molecule is CC(C)(C)NCc1ccc(-c2c(Cl)cc(C3(N)N=C(N)NN3)cc2C(F)(F)F)cc1. The smallest absolute Gasteiger partial charge is 0.369 e. The summed E-state index contributed by atoms with van der Waals surface area (Å²) in [5, 5.41) is 3.25. The second-order valence-electron chi connectivity index (χ2n) is 8.19. The number of benzene rings is 2. The van der Waals surface area contributed by atoms with Gasteiger partial charge in [0.15, 0.2) is 0 Å². The maximum absolute atomic E-state index is 13.9. The van der Waals surface area contributed by atoms with Gasteiger partial charge in [-0.15, -0.1) is 0 Å². The van der Waals surface area contributed by atoms with Crippen LogP contribution in [0.3, 0.4) is 0 Å². The number of rotatable bonds is 4. The molecule has 0 bridgehead atoms. The molecule has 3 rings (SSSR count). The minimum absolute atomic E-state index is 0.0301. The van der Waals surface area contributed by atoms with Gasteiger partial charge in [-0.2, -0.15) is 18.6 Å². The standard InChI is InChI=1S/C20H24ClF3N6/c1-18(2,3)27-10-11-4-6-12(7-5-11)16-14(19(22,23)24)8-13(9-15(16)21)20(26)28-17(25)29-30-20/h4-9,27,30H,10,26H2,1-3H3,(H3,25,28,29). The molecule has 1 aliphatic rings. The van der Waals surface area contributed by atoms with E-state index >= 15 is 0 Å². The molecule has 1 atom stereocenters. The summed E-state index contributed by atoms with van der Waals surface area (Å²) in [4.78, 5) is 3.93. The van der Waals surface area contributed by atoms with Crippen LogP contribution in [0.4, 0.5) is 13.2 Å². The number of aliphatic imine (C=N–C) groups is 1. The quantitative estimate of drug-likeness (QED) is 0.501. The number of guanidine groups is 1. The fraction of sp³-hybridized carbons (Fsp3) is 0.350. The normalized spacial score (nSPS) is 19.5. The maximum atomic E-state index is 13.9. The highest BCUT2D eigenvalue weighted by Crippen LogP contribution is 2.43. The van der Waals surface area contributed by atoms with Crippen molar-refractivity contribution in [2.24, 2.45) is 16.5 Å². The van der Waals surface area contributed by atoms with Crippen molar-refractivity contribution in [1.29, 1.82) is 0 Å². The Morgan fingerprint density at radius 3 is 2.27 bits per heavy atom. The lowest BCUT2D eigenvalue weighted by molar-refractivity contribution is -0.137. The van der Waals surface area contributed by atoms with Gasteiger partial charge >= 0.3 is 6.18 Å². The first-order valence-corrected chi connectivity index (χ1v) is 9.59. The number of hydrazine groups is 1. The van der Waals surface area contributed by atoms with E-state index in [1.54, 1.807) is 24.3 Å². The number of hydrogen-bond donors (Lipinski definition) is 5. The van der Waals surface area contributed by atoms with E-state index in [1.165, 1.54) is 6.07 Å². The Morgan fingerprint density at radius 1 is 1.13 bits per heavy atom. The molecule has 0 saturated heterocycles. The monoisotopic (exact) mass is 440 g/mol. The summed E-state index contributed by atoms with van der Waals surface area (Å²) in [6.07, 6.45) is -4.65. The topological polar surface area (TPSA) is 100 Å². The first-order valence-electron chi connectivity index (χ1n) is 9.21. The molecule has 2 aromatic carbocycles. The third kappa shape index (κ3) is 4.86. The summed E-state index contributed by atoms with van der Waals surface area (Å²) >= 11 is 6.32. The average Bonchev–Trinajstić information content (AvgIpc) is 2.98.